The van der Waals surface area contributed by atoms with Gasteiger partial charge in [0.15, 0.2) is 18.6 Å². The molecule has 0 spiro atoms. The van der Waals surface area contributed by atoms with Crippen LogP contribution in [0.15, 0.2) is 53.4 Å². The van der Waals surface area contributed by atoms with E-state index in [-0.39, 0.29) is 0 Å². The van der Waals surface area contributed by atoms with Crippen molar-refractivity contribution < 1.29 is 4.58 Å². The number of thioether (sulfide) groups is 1. The molecule has 0 aromatic heterocycles. The maximum atomic E-state index is 2.38. The van der Waals surface area contributed by atoms with Crippen molar-refractivity contribution in [2.24, 2.45) is 0 Å². The third-order valence-corrected chi connectivity index (χ3v) is 4.47. The summed E-state index contributed by atoms with van der Waals surface area (Å²) in [4.78, 5) is 1.43. The predicted octanol–water partition coefficient (Wildman–Crippen LogP) is 3.69. The van der Waals surface area contributed by atoms with Crippen LogP contribution in [-0.2, 0) is 6.54 Å². The van der Waals surface area contributed by atoms with E-state index in [1.54, 1.807) is 0 Å². The van der Waals surface area contributed by atoms with Gasteiger partial charge in [-0.1, -0.05) is 54.2 Å². The van der Waals surface area contributed by atoms with Crippen molar-refractivity contribution in [3.8, 4) is 0 Å². The van der Waals surface area contributed by atoms with Crippen LogP contribution in [0.4, 0.5) is 0 Å². The third kappa shape index (κ3) is 2.34. The number of rotatable bonds is 2. The van der Waals surface area contributed by atoms with Gasteiger partial charge in [0.05, 0.1) is 5.56 Å². The zero-order chi connectivity index (χ0) is 12.4. The molecular formula is C16H16NS+. The Kier molecular flexibility index (Phi) is 3.20. The van der Waals surface area contributed by atoms with Crippen LogP contribution in [0.25, 0.3) is 0 Å². The van der Waals surface area contributed by atoms with E-state index >= 15 is 0 Å². The summed E-state index contributed by atoms with van der Waals surface area (Å²) >= 11 is 1.94. The average Bonchev–Trinajstić information content (AvgIpc) is 2.40. The minimum atomic E-state index is 0.987. The quantitative estimate of drug-likeness (QED) is 0.739. The molecule has 0 N–H and O–H groups in total. The molecule has 0 saturated carbocycles. The Balaban J connectivity index is 1.88. The molecule has 1 heterocycles. The molecule has 1 aliphatic heterocycles. The first-order chi connectivity index (χ1) is 8.83. The summed E-state index contributed by atoms with van der Waals surface area (Å²) < 4.78 is 2.38. The second kappa shape index (κ2) is 4.99. The summed E-state index contributed by atoms with van der Waals surface area (Å²) in [6, 6.07) is 17.2. The Morgan fingerprint density at radius 2 is 1.89 bits per heavy atom. The van der Waals surface area contributed by atoms with Crippen LogP contribution in [0.2, 0.25) is 0 Å². The largest absolute Gasteiger partial charge is 0.221 e. The van der Waals surface area contributed by atoms with Gasteiger partial charge in [0.25, 0.3) is 0 Å². The van der Waals surface area contributed by atoms with Crippen molar-refractivity contribution in [2.75, 3.05) is 5.88 Å². The molecule has 3 rings (SSSR count). The van der Waals surface area contributed by atoms with Crippen LogP contribution < -0.4 is 0 Å². The molecule has 90 valence electrons. The van der Waals surface area contributed by atoms with Crippen LogP contribution in [0.1, 0.15) is 16.7 Å². The fraction of sp³-hybridized carbons (Fsp3) is 0.188. The van der Waals surface area contributed by atoms with Crippen LogP contribution in [0.5, 0.6) is 0 Å². The second-order valence-electron chi connectivity index (χ2n) is 4.63. The molecule has 0 radical (unpaired) electrons. The zero-order valence-electron chi connectivity index (χ0n) is 10.5. The van der Waals surface area contributed by atoms with E-state index in [1.165, 1.54) is 21.6 Å². The average molecular weight is 254 g/mol. The summed E-state index contributed by atoms with van der Waals surface area (Å²) in [5.74, 6) is 1.03. The van der Waals surface area contributed by atoms with Gasteiger partial charge in [-0.15, -0.1) is 0 Å². The number of nitrogens with zero attached hydrogens (tertiary/aromatic N) is 1. The van der Waals surface area contributed by atoms with Gasteiger partial charge in [0.2, 0.25) is 0 Å². The van der Waals surface area contributed by atoms with Gasteiger partial charge in [0.1, 0.15) is 0 Å². The van der Waals surface area contributed by atoms with E-state index in [4.69, 9.17) is 0 Å². The van der Waals surface area contributed by atoms with Gasteiger partial charge in [-0.3, -0.25) is 0 Å². The van der Waals surface area contributed by atoms with Gasteiger partial charge < -0.3 is 0 Å². The maximum Gasteiger partial charge on any atom is 0.193 e. The summed E-state index contributed by atoms with van der Waals surface area (Å²) in [7, 11) is 0. The standard InChI is InChI=1S/C16H16NS/c1-13-6-5-9-15-11-17(12-18-16(13)15)10-14-7-3-2-4-8-14/h2-9,11H,10,12H2,1H3/q+1. The smallest absolute Gasteiger partial charge is 0.193 e. The van der Waals surface area contributed by atoms with Crippen molar-refractivity contribution in [1.29, 1.82) is 0 Å². The molecule has 1 nitrogen and oxygen atoms in total. The van der Waals surface area contributed by atoms with Crippen molar-refractivity contribution in [3.63, 3.8) is 0 Å². The van der Waals surface area contributed by atoms with Crippen LogP contribution >= 0.6 is 11.8 Å². The van der Waals surface area contributed by atoms with Crippen molar-refractivity contribution >= 4 is 18.0 Å². The third-order valence-electron chi connectivity index (χ3n) is 3.17. The van der Waals surface area contributed by atoms with Crippen molar-refractivity contribution in [2.45, 2.75) is 18.4 Å². The molecule has 2 aromatic carbocycles. The fourth-order valence-corrected chi connectivity index (χ4v) is 3.31. The van der Waals surface area contributed by atoms with Gasteiger partial charge in [-0.2, -0.15) is 0 Å². The normalized spacial score (nSPS) is 13.9. The highest BCUT2D eigenvalue weighted by Crippen LogP contribution is 2.28. The highest BCUT2D eigenvalue weighted by Gasteiger charge is 2.17. The highest BCUT2D eigenvalue weighted by atomic mass is 32.2. The van der Waals surface area contributed by atoms with E-state index in [9.17, 15) is 0 Å². The lowest BCUT2D eigenvalue weighted by molar-refractivity contribution is -0.519. The lowest BCUT2D eigenvalue weighted by Crippen LogP contribution is -2.17. The molecule has 0 saturated heterocycles. The van der Waals surface area contributed by atoms with E-state index in [0.717, 1.165) is 12.4 Å². The summed E-state index contributed by atoms with van der Waals surface area (Å²) in [5.41, 5.74) is 4.10. The van der Waals surface area contributed by atoms with Gasteiger partial charge >= 0.3 is 0 Å². The summed E-state index contributed by atoms with van der Waals surface area (Å²) in [6.07, 6.45) is 2.28. The van der Waals surface area contributed by atoms with Crippen molar-refractivity contribution in [3.05, 3.63) is 65.2 Å². The van der Waals surface area contributed by atoms with E-state index in [2.05, 4.69) is 66.2 Å². The lowest BCUT2D eigenvalue weighted by atomic mass is 10.1. The van der Waals surface area contributed by atoms with Gasteiger partial charge in [-0.25, -0.2) is 4.58 Å². The molecule has 0 bridgehead atoms. The number of fused-ring (bicyclic) bond motifs is 1. The predicted molar refractivity (Wildman–Crippen MR) is 77.5 cm³/mol. The van der Waals surface area contributed by atoms with E-state index in [0.29, 0.717) is 0 Å². The molecule has 0 atom stereocenters. The second-order valence-corrected chi connectivity index (χ2v) is 5.58. The summed E-state index contributed by atoms with van der Waals surface area (Å²) in [6.45, 7) is 3.17. The minimum absolute atomic E-state index is 0.987. The molecule has 0 fully saturated rings. The number of aryl methyl sites for hydroxylation is 1. The topological polar surface area (TPSA) is 3.01 Å². The highest BCUT2D eigenvalue weighted by molar-refractivity contribution is 7.99. The van der Waals surface area contributed by atoms with Crippen molar-refractivity contribution in [1.82, 2.24) is 0 Å². The molecule has 2 heteroatoms. The monoisotopic (exact) mass is 254 g/mol. The fourth-order valence-electron chi connectivity index (χ4n) is 2.26. The molecule has 0 aliphatic carbocycles. The maximum absolute atomic E-state index is 2.38. The lowest BCUT2D eigenvalue weighted by Gasteiger charge is -2.13. The molecule has 1 aliphatic rings. The van der Waals surface area contributed by atoms with Gasteiger partial charge in [0, 0.05) is 10.5 Å². The first-order valence-corrected chi connectivity index (χ1v) is 7.17. The molecular weight excluding hydrogens is 238 g/mol. The first kappa shape index (κ1) is 11.5. The Morgan fingerprint density at radius 1 is 1.06 bits per heavy atom. The van der Waals surface area contributed by atoms with E-state index in [1.807, 2.05) is 11.8 Å². The van der Waals surface area contributed by atoms with Crippen LogP contribution in [-0.4, -0.2) is 16.7 Å². The Bertz CT molecular complexity index is 587. The SMILES string of the molecule is Cc1cccc2c1SC[N+](Cc1ccccc1)=C2. The van der Waals surface area contributed by atoms with Crippen LogP contribution in [0.3, 0.4) is 0 Å². The zero-order valence-corrected chi connectivity index (χ0v) is 11.3. The molecule has 18 heavy (non-hydrogen) atoms. The Morgan fingerprint density at radius 3 is 2.72 bits per heavy atom. The minimum Gasteiger partial charge on any atom is -0.221 e. The van der Waals surface area contributed by atoms with Crippen LogP contribution in [0, 0.1) is 6.92 Å². The number of hydrogen-bond acceptors (Lipinski definition) is 1. The summed E-state index contributed by atoms with van der Waals surface area (Å²) in [5, 5.41) is 0. The first-order valence-electron chi connectivity index (χ1n) is 6.18. The molecule has 2 aromatic rings. The number of benzene rings is 2. The van der Waals surface area contributed by atoms with Gasteiger partial charge in [-0.05, 0) is 18.6 Å². The Hall–Kier alpha value is -1.54. The molecule has 0 unspecified atom stereocenters. The van der Waals surface area contributed by atoms with E-state index < -0.39 is 0 Å². The molecule has 0 amide bonds. The Labute approximate surface area is 112 Å². The number of hydrogen-bond donors (Lipinski definition) is 0.